The molecule has 6 nitrogen and oxygen atoms in total. The Labute approximate surface area is 167 Å². The first-order chi connectivity index (χ1) is 13.5. The van der Waals surface area contributed by atoms with Crippen LogP contribution in [0, 0.1) is 17.8 Å². The molecule has 3 aliphatic rings. The Morgan fingerprint density at radius 3 is 2.68 bits per heavy atom. The Bertz CT molecular complexity index is 729. The fraction of sp³-hybridized carbons (Fsp3) is 0.636. The highest BCUT2D eigenvalue weighted by Gasteiger charge is 2.49. The summed E-state index contributed by atoms with van der Waals surface area (Å²) in [5, 5.41) is 6.00. The average Bonchev–Trinajstić information content (AvgIpc) is 3.39. The quantitative estimate of drug-likeness (QED) is 0.703. The van der Waals surface area contributed by atoms with Crippen molar-refractivity contribution in [2.24, 2.45) is 23.5 Å². The lowest BCUT2D eigenvalue weighted by atomic mass is 9.84. The van der Waals surface area contributed by atoms with Crippen LogP contribution in [0.25, 0.3) is 0 Å². The van der Waals surface area contributed by atoms with Gasteiger partial charge in [0.2, 0.25) is 11.8 Å². The SMILES string of the molecule is CC(CC(=O)Nc1cccc(N2CCCC2)c1)NC(=O)C1C2CCC(C2)C1N. The van der Waals surface area contributed by atoms with Crippen LogP contribution in [0.1, 0.15) is 45.4 Å². The maximum absolute atomic E-state index is 12.7. The standard InChI is InChI=1S/C22H32N4O2/c1-14(24-22(28)20-15-7-8-16(12-15)21(20)23)11-19(27)25-17-5-4-6-18(13-17)26-9-2-3-10-26/h4-6,13-16,20-21H,2-3,7-12,23H2,1H3,(H,24,28)(H,25,27). The average molecular weight is 385 g/mol. The number of nitrogens with zero attached hydrogens (tertiary/aromatic N) is 1. The highest BCUT2D eigenvalue weighted by molar-refractivity contribution is 5.92. The van der Waals surface area contributed by atoms with E-state index in [1.807, 2.05) is 25.1 Å². The summed E-state index contributed by atoms with van der Waals surface area (Å²) in [7, 11) is 0. The number of nitrogens with one attached hydrogen (secondary N) is 2. The largest absolute Gasteiger partial charge is 0.371 e. The summed E-state index contributed by atoms with van der Waals surface area (Å²) in [6.07, 6.45) is 6.06. The van der Waals surface area contributed by atoms with Gasteiger partial charge in [0.05, 0.1) is 5.92 Å². The second kappa shape index (κ2) is 8.11. The summed E-state index contributed by atoms with van der Waals surface area (Å²) in [5.74, 6) is 0.789. The van der Waals surface area contributed by atoms with Gasteiger partial charge in [0, 0.05) is 43.0 Å². The van der Waals surface area contributed by atoms with Crippen LogP contribution in [-0.4, -0.2) is 37.0 Å². The van der Waals surface area contributed by atoms with Gasteiger partial charge in [-0.1, -0.05) is 6.07 Å². The van der Waals surface area contributed by atoms with Crippen molar-refractivity contribution in [1.29, 1.82) is 0 Å². The van der Waals surface area contributed by atoms with Gasteiger partial charge in [-0.25, -0.2) is 0 Å². The number of fused-ring (bicyclic) bond motifs is 2. The fourth-order valence-corrected chi connectivity index (χ4v) is 5.36. The zero-order chi connectivity index (χ0) is 19.7. The molecule has 0 aromatic heterocycles. The summed E-state index contributed by atoms with van der Waals surface area (Å²) in [5.41, 5.74) is 8.23. The van der Waals surface area contributed by atoms with E-state index >= 15 is 0 Å². The fourth-order valence-electron chi connectivity index (χ4n) is 5.36. The summed E-state index contributed by atoms with van der Waals surface area (Å²) in [6.45, 7) is 4.04. The molecule has 0 radical (unpaired) electrons. The summed E-state index contributed by atoms with van der Waals surface area (Å²) < 4.78 is 0. The Morgan fingerprint density at radius 1 is 1.21 bits per heavy atom. The molecule has 5 atom stereocenters. The maximum Gasteiger partial charge on any atom is 0.226 e. The summed E-state index contributed by atoms with van der Waals surface area (Å²) in [4.78, 5) is 27.5. The first-order valence-corrected chi connectivity index (χ1v) is 10.7. The molecule has 2 aliphatic carbocycles. The van der Waals surface area contributed by atoms with Crippen LogP contribution in [0.2, 0.25) is 0 Å². The van der Waals surface area contributed by atoms with Crippen LogP contribution in [0.5, 0.6) is 0 Å². The van der Waals surface area contributed by atoms with E-state index in [0.717, 1.165) is 43.7 Å². The molecule has 6 heteroatoms. The Kier molecular flexibility index (Phi) is 5.58. The molecule has 1 aromatic carbocycles. The number of carbonyl (C=O) groups is 2. The minimum atomic E-state index is -0.208. The van der Waals surface area contributed by atoms with E-state index in [9.17, 15) is 9.59 Å². The summed E-state index contributed by atoms with van der Waals surface area (Å²) in [6, 6.07) is 7.78. The van der Waals surface area contributed by atoms with E-state index in [1.165, 1.54) is 12.8 Å². The molecule has 2 bridgehead atoms. The number of rotatable bonds is 6. The molecule has 1 aliphatic heterocycles. The van der Waals surface area contributed by atoms with Crippen molar-refractivity contribution in [2.45, 2.75) is 57.5 Å². The van der Waals surface area contributed by atoms with E-state index in [2.05, 4.69) is 21.6 Å². The third-order valence-electron chi connectivity index (χ3n) is 6.76. The maximum atomic E-state index is 12.7. The number of nitrogens with two attached hydrogens (primary N) is 1. The van der Waals surface area contributed by atoms with E-state index in [0.29, 0.717) is 11.8 Å². The molecule has 152 valence electrons. The van der Waals surface area contributed by atoms with E-state index in [1.54, 1.807) is 0 Å². The monoisotopic (exact) mass is 384 g/mol. The molecule has 1 heterocycles. The lowest BCUT2D eigenvalue weighted by Gasteiger charge is -2.28. The smallest absolute Gasteiger partial charge is 0.226 e. The Hall–Kier alpha value is -2.08. The van der Waals surface area contributed by atoms with Crippen molar-refractivity contribution in [2.75, 3.05) is 23.3 Å². The molecule has 1 saturated heterocycles. The van der Waals surface area contributed by atoms with Crippen molar-refractivity contribution in [3.8, 4) is 0 Å². The zero-order valence-electron chi connectivity index (χ0n) is 16.7. The van der Waals surface area contributed by atoms with Gasteiger partial charge in [0.1, 0.15) is 0 Å². The van der Waals surface area contributed by atoms with Gasteiger partial charge >= 0.3 is 0 Å². The van der Waals surface area contributed by atoms with Gasteiger partial charge < -0.3 is 21.3 Å². The first-order valence-electron chi connectivity index (χ1n) is 10.7. The minimum Gasteiger partial charge on any atom is -0.371 e. The third-order valence-corrected chi connectivity index (χ3v) is 6.76. The lowest BCUT2D eigenvalue weighted by molar-refractivity contribution is -0.127. The van der Waals surface area contributed by atoms with Crippen LogP contribution >= 0.6 is 0 Å². The molecule has 4 rings (SSSR count). The molecule has 3 fully saturated rings. The van der Waals surface area contributed by atoms with Crippen molar-refractivity contribution in [1.82, 2.24) is 5.32 Å². The molecular formula is C22H32N4O2. The highest BCUT2D eigenvalue weighted by atomic mass is 16.2. The van der Waals surface area contributed by atoms with Crippen molar-refractivity contribution in [3.05, 3.63) is 24.3 Å². The van der Waals surface area contributed by atoms with E-state index in [-0.39, 0.29) is 36.2 Å². The van der Waals surface area contributed by atoms with Crippen molar-refractivity contribution in [3.63, 3.8) is 0 Å². The van der Waals surface area contributed by atoms with Gasteiger partial charge in [-0.3, -0.25) is 9.59 Å². The third kappa shape index (κ3) is 4.02. The van der Waals surface area contributed by atoms with Gasteiger partial charge in [-0.15, -0.1) is 0 Å². The second-order valence-electron chi connectivity index (χ2n) is 8.84. The molecule has 1 aromatic rings. The lowest BCUT2D eigenvalue weighted by Crippen LogP contribution is -2.48. The highest BCUT2D eigenvalue weighted by Crippen LogP contribution is 2.47. The zero-order valence-corrected chi connectivity index (χ0v) is 16.7. The molecule has 2 saturated carbocycles. The second-order valence-corrected chi connectivity index (χ2v) is 8.84. The first kappa shape index (κ1) is 19.2. The predicted octanol–water partition coefficient (Wildman–Crippen LogP) is 2.49. The van der Waals surface area contributed by atoms with Crippen LogP contribution in [-0.2, 0) is 9.59 Å². The normalized spacial score (nSPS) is 29.7. The molecule has 4 N–H and O–H groups in total. The van der Waals surface area contributed by atoms with E-state index < -0.39 is 0 Å². The number of hydrogen-bond donors (Lipinski definition) is 3. The van der Waals surface area contributed by atoms with Crippen molar-refractivity contribution < 1.29 is 9.59 Å². The topological polar surface area (TPSA) is 87.5 Å². The molecule has 28 heavy (non-hydrogen) atoms. The van der Waals surface area contributed by atoms with Gasteiger partial charge in [0.15, 0.2) is 0 Å². The number of amides is 2. The molecule has 0 spiro atoms. The van der Waals surface area contributed by atoms with Gasteiger partial charge in [-0.2, -0.15) is 0 Å². The molecular weight excluding hydrogens is 352 g/mol. The Balaban J connectivity index is 1.28. The number of hydrogen-bond acceptors (Lipinski definition) is 4. The van der Waals surface area contributed by atoms with Crippen LogP contribution in [0.15, 0.2) is 24.3 Å². The molecule has 2 amide bonds. The van der Waals surface area contributed by atoms with Crippen molar-refractivity contribution >= 4 is 23.2 Å². The van der Waals surface area contributed by atoms with Crippen LogP contribution < -0.4 is 21.3 Å². The minimum absolute atomic E-state index is 0.0203. The van der Waals surface area contributed by atoms with Gasteiger partial charge in [0.25, 0.3) is 0 Å². The number of benzene rings is 1. The number of anilines is 2. The van der Waals surface area contributed by atoms with E-state index in [4.69, 9.17) is 5.73 Å². The van der Waals surface area contributed by atoms with Gasteiger partial charge in [-0.05, 0) is 69.1 Å². The van der Waals surface area contributed by atoms with Crippen LogP contribution in [0.3, 0.4) is 0 Å². The van der Waals surface area contributed by atoms with Crippen LogP contribution in [0.4, 0.5) is 11.4 Å². The Morgan fingerprint density at radius 2 is 1.96 bits per heavy atom. The predicted molar refractivity (Wildman–Crippen MR) is 111 cm³/mol. The molecule has 5 unspecified atom stereocenters. The summed E-state index contributed by atoms with van der Waals surface area (Å²) >= 11 is 0. The number of carbonyl (C=O) groups excluding carboxylic acids is 2.